The molecule has 0 aromatic heterocycles. The molecule has 5 heteroatoms. The van der Waals surface area contributed by atoms with Crippen LogP contribution >= 0.6 is 11.6 Å². The number of halogens is 2. The minimum Gasteiger partial charge on any atom is -0.482 e. The lowest BCUT2D eigenvalue weighted by Gasteiger charge is -2.20. The molecule has 0 fully saturated rings. The van der Waals surface area contributed by atoms with Crippen molar-refractivity contribution < 1.29 is 13.9 Å². The molecule has 1 heterocycles. The number of hydrogen-bond donors (Lipinski definition) is 1. The van der Waals surface area contributed by atoms with Crippen molar-refractivity contribution in [1.82, 2.24) is 0 Å². The first-order valence-electron chi connectivity index (χ1n) is 6.10. The molecule has 0 spiro atoms. The van der Waals surface area contributed by atoms with E-state index < -0.39 is 5.38 Å². The Balaban J connectivity index is 1.97. The summed E-state index contributed by atoms with van der Waals surface area (Å²) < 4.78 is 19.0. The lowest BCUT2D eigenvalue weighted by molar-refractivity contribution is -0.118. The van der Waals surface area contributed by atoms with Gasteiger partial charge < -0.3 is 10.1 Å². The van der Waals surface area contributed by atoms with Gasteiger partial charge in [0.05, 0.1) is 11.1 Å². The Morgan fingerprint density at radius 3 is 2.85 bits per heavy atom. The van der Waals surface area contributed by atoms with Gasteiger partial charge in [0.2, 0.25) is 0 Å². The molecule has 1 aliphatic heterocycles. The van der Waals surface area contributed by atoms with Crippen LogP contribution in [0.2, 0.25) is 0 Å². The first kappa shape index (κ1) is 12.9. The third kappa shape index (κ3) is 2.34. The summed E-state index contributed by atoms with van der Waals surface area (Å²) in [5, 5.41) is 2.08. The van der Waals surface area contributed by atoms with Crippen LogP contribution in [-0.4, -0.2) is 12.5 Å². The molecule has 1 amide bonds. The molecule has 1 atom stereocenters. The number of fused-ring (bicyclic) bond motifs is 1. The number of anilines is 1. The molecule has 0 radical (unpaired) electrons. The molecule has 0 saturated carbocycles. The highest BCUT2D eigenvalue weighted by atomic mass is 35.5. The highest BCUT2D eigenvalue weighted by Crippen LogP contribution is 2.36. The van der Waals surface area contributed by atoms with Crippen molar-refractivity contribution in [2.45, 2.75) is 5.38 Å². The molecule has 2 aromatic rings. The number of carbonyl (C=O) groups excluding carboxylic acids is 1. The topological polar surface area (TPSA) is 38.3 Å². The van der Waals surface area contributed by atoms with Crippen molar-refractivity contribution in [3.63, 3.8) is 0 Å². The highest BCUT2D eigenvalue weighted by Gasteiger charge is 2.20. The molecule has 3 rings (SSSR count). The predicted molar refractivity (Wildman–Crippen MR) is 74.7 cm³/mol. The van der Waals surface area contributed by atoms with Gasteiger partial charge in [-0.2, -0.15) is 0 Å². The van der Waals surface area contributed by atoms with Crippen molar-refractivity contribution in [2.24, 2.45) is 0 Å². The van der Waals surface area contributed by atoms with Crippen molar-refractivity contribution >= 4 is 23.2 Å². The van der Waals surface area contributed by atoms with E-state index in [1.54, 1.807) is 36.4 Å². The minimum atomic E-state index is -0.625. The monoisotopic (exact) mass is 291 g/mol. The smallest absolute Gasteiger partial charge is 0.262 e. The van der Waals surface area contributed by atoms with E-state index in [-0.39, 0.29) is 18.3 Å². The summed E-state index contributed by atoms with van der Waals surface area (Å²) >= 11 is 6.32. The van der Waals surface area contributed by atoms with Crippen LogP contribution in [0, 0.1) is 5.82 Å². The maximum atomic E-state index is 13.7. The molecule has 0 saturated heterocycles. The van der Waals surface area contributed by atoms with E-state index in [2.05, 4.69) is 5.32 Å². The summed E-state index contributed by atoms with van der Waals surface area (Å²) in [6.07, 6.45) is 0. The van der Waals surface area contributed by atoms with Crippen LogP contribution in [0.4, 0.5) is 10.1 Å². The van der Waals surface area contributed by atoms with Crippen molar-refractivity contribution in [3.8, 4) is 5.75 Å². The molecule has 1 unspecified atom stereocenters. The van der Waals surface area contributed by atoms with Gasteiger partial charge in [0.25, 0.3) is 5.91 Å². The van der Waals surface area contributed by atoms with Gasteiger partial charge in [-0.25, -0.2) is 4.39 Å². The Bertz CT molecular complexity index is 675. The maximum absolute atomic E-state index is 13.7. The Labute approximate surface area is 120 Å². The fourth-order valence-electron chi connectivity index (χ4n) is 2.12. The molecule has 3 nitrogen and oxygen atoms in total. The highest BCUT2D eigenvalue weighted by molar-refractivity contribution is 6.22. The summed E-state index contributed by atoms with van der Waals surface area (Å²) in [5.74, 6) is 0.0166. The van der Waals surface area contributed by atoms with Crippen LogP contribution in [0.3, 0.4) is 0 Å². The molecule has 1 N–H and O–H groups in total. The predicted octanol–water partition coefficient (Wildman–Crippen LogP) is 3.48. The second-order valence-electron chi connectivity index (χ2n) is 4.48. The number of benzene rings is 2. The number of alkyl halides is 1. The van der Waals surface area contributed by atoms with Crippen LogP contribution in [0.25, 0.3) is 0 Å². The average Bonchev–Trinajstić information content (AvgIpc) is 2.46. The second kappa shape index (κ2) is 5.13. The molecular weight excluding hydrogens is 281 g/mol. The number of carbonyl (C=O) groups is 1. The molecule has 0 bridgehead atoms. The summed E-state index contributed by atoms with van der Waals surface area (Å²) in [6.45, 7) is 0.00393. The first-order chi connectivity index (χ1) is 9.65. The molecule has 1 aliphatic rings. The zero-order valence-corrected chi connectivity index (χ0v) is 11.2. The Morgan fingerprint density at radius 2 is 2.05 bits per heavy atom. The summed E-state index contributed by atoms with van der Waals surface area (Å²) in [5.41, 5.74) is 1.65. The fourth-order valence-corrected chi connectivity index (χ4v) is 2.43. The van der Waals surface area contributed by atoms with Crippen LogP contribution < -0.4 is 10.1 Å². The quantitative estimate of drug-likeness (QED) is 0.860. The Kier molecular flexibility index (Phi) is 3.32. The van der Waals surface area contributed by atoms with E-state index in [0.29, 0.717) is 22.6 Å². The first-order valence-corrected chi connectivity index (χ1v) is 6.54. The van der Waals surface area contributed by atoms with Crippen LogP contribution in [-0.2, 0) is 4.79 Å². The third-order valence-electron chi connectivity index (χ3n) is 3.11. The lowest BCUT2D eigenvalue weighted by Crippen LogP contribution is -2.25. The SMILES string of the molecule is O=C1COc2ccc(C(Cl)c3ccccc3F)cc2N1. The number of ether oxygens (including phenoxy) is 1. The zero-order valence-electron chi connectivity index (χ0n) is 10.4. The van der Waals surface area contributed by atoms with E-state index in [1.807, 2.05) is 0 Å². The van der Waals surface area contributed by atoms with Crippen molar-refractivity contribution in [2.75, 3.05) is 11.9 Å². The number of amides is 1. The number of hydrogen-bond acceptors (Lipinski definition) is 2. The van der Waals surface area contributed by atoms with E-state index >= 15 is 0 Å². The maximum Gasteiger partial charge on any atom is 0.262 e. The number of rotatable bonds is 2. The van der Waals surface area contributed by atoms with Gasteiger partial charge in [0.15, 0.2) is 6.61 Å². The third-order valence-corrected chi connectivity index (χ3v) is 3.59. The molecule has 0 aliphatic carbocycles. The van der Waals surface area contributed by atoms with Crippen molar-refractivity contribution in [1.29, 1.82) is 0 Å². The Morgan fingerprint density at radius 1 is 1.25 bits per heavy atom. The van der Waals surface area contributed by atoms with E-state index in [9.17, 15) is 9.18 Å². The van der Waals surface area contributed by atoms with Gasteiger partial charge in [-0.05, 0) is 23.8 Å². The molecular formula is C15H11ClFNO2. The van der Waals surface area contributed by atoms with Crippen LogP contribution in [0.1, 0.15) is 16.5 Å². The molecule has 102 valence electrons. The fraction of sp³-hybridized carbons (Fsp3) is 0.133. The van der Waals surface area contributed by atoms with Crippen molar-refractivity contribution in [3.05, 3.63) is 59.4 Å². The van der Waals surface area contributed by atoms with Gasteiger partial charge in [-0.15, -0.1) is 11.6 Å². The van der Waals surface area contributed by atoms with Gasteiger partial charge in [-0.1, -0.05) is 24.3 Å². The minimum absolute atomic E-state index is 0.00393. The summed E-state index contributed by atoms with van der Waals surface area (Å²) in [6, 6.07) is 11.5. The zero-order chi connectivity index (χ0) is 14.1. The molecule has 20 heavy (non-hydrogen) atoms. The van der Waals surface area contributed by atoms with Crippen LogP contribution in [0.5, 0.6) is 5.75 Å². The molecule has 2 aromatic carbocycles. The standard InChI is InChI=1S/C15H11ClFNO2/c16-15(10-3-1-2-4-11(10)17)9-5-6-13-12(7-9)18-14(19)8-20-13/h1-7,15H,8H2,(H,18,19). The van der Waals surface area contributed by atoms with Gasteiger partial charge in [0.1, 0.15) is 11.6 Å². The number of nitrogens with one attached hydrogen (secondary N) is 1. The summed E-state index contributed by atoms with van der Waals surface area (Å²) in [4.78, 5) is 11.3. The van der Waals surface area contributed by atoms with Crippen LogP contribution in [0.15, 0.2) is 42.5 Å². The largest absolute Gasteiger partial charge is 0.482 e. The van der Waals surface area contributed by atoms with E-state index in [0.717, 1.165) is 0 Å². The second-order valence-corrected chi connectivity index (χ2v) is 4.91. The van der Waals surface area contributed by atoms with Gasteiger partial charge >= 0.3 is 0 Å². The summed E-state index contributed by atoms with van der Waals surface area (Å²) in [7, 11) is 0. The van der Waals surface area contributed by atoms with Gasteiger partial charge in [-0.3, -0.25) is 4.79 Å². The normalized spacial score (nSPS) is 15.0. The van der Waals surface area contributed by atoms with E-state index in [4.69, 9.17) is 16.3 Å². The van der Waals surface area contributed by atoms with Gasteiger partial charge in [0, 0.05) is 5.56 Å². The van der Waals surface area contributed by atoms with E-state index in [1.165, 1.54) is 6.07 Å². The lowest BCUT2D eigenvalue weighted by atomic mass is 10.0. The average molecular weight is 292 g/mol. The Hall–Kier alpha value is -2.07.